The van der Waals surface area contributed by atoms with Crippen molar-refractivity contribution in [2.24, 2.45) is 17.4 Å². The standard InChI is InChI=1S/C33H42N8O2/c34-16-29(42)40-14-2-1-3-28(40)32-36-18-26(38-32)22-8-4-20(5-9-22)21-6-10-23(11-7-21)27-19-37-33(39-27)31-24-12-13-25(15-24)41(31)30(43)17-35/h4,6,8,10,18-19,24-25,28,31H,1-3,5,7,9,11-17,34-35H2,(H,36,38)(H,37,39). The number of amides is 2. The van der Waals surface area contributed by atoms with Gasteiger partial charge in [0.25, 0.3) is 0 Å². The van der Waals surface area contributed by atoms with Crippen molar-refractivity contribution >= 4 is 23.0 Å². The van der Waals surface area contributed by atoms with Gasteiger partial charge in [-0.15, -0.1) is 0 Å². The number of nitrogens with zero attached hydrogens (tertiary/aromatic N) is 4. The molecule has 1 saturated carbocycles. The number of rotatable bonds is 7. The molecule has 5 aliphatic rings. The minimum absolute atomic E-state index is 0.00990. The van der Waals surface area contributed by atoms with Gasteiger partial charge in [-0.1, -0.05) is 24.3 Å². The van der Waals surface area contributed by atoms with Crippen molar-refractivity contribution in [1.82, 2.24) is 29.7 Å². The van der Waals surface area contributed by atoms with Gasteiger partial charge in [-0.3, -0.25) is 9.59 Å². The first-order valence-corrected chi connectivity index (χ1v) is 15.9. The Morgan fingerprint density at radius 3 is 2.00 bits per heavy atom. The third-order valence-electron chi connectivity index (χ3n) is 10.2. The van der Waals surface area contributed by atoms with Crippen LogP contribution in [0.25, 0.3) is 11.1 Å². The number of aromatic amines is 2. The summed E-state index contributed by atoms with van der Waals surface area (Å²) in [5.41, 5.74) is 18.8. The first-order valence-electron chi connectivity index (χ1n) is 15.9. The Kier molecular flexibility index (Phi) is 7.65. The molecule has 10 nitrogen and oxygen atoms in total. The van der Waals surface area contributed by atoms with Gasteiger partial charge in [-0.05, 0) is 92.4 Å². The molecule has 43 heavy (non-hydrogen) atoms. The van der Waals surface area contributed by atoms with E-state index in [1.54, 1.807) is 0 Å². The largest absolute Gasteiger partial charge is 0.341 e. The molecule has 2 amide bonds. The van der Waals surface area contributed by atoms with Crippen LogP contribution >= 0.6 is 0 Å². The normalized spacial score (nSPS) is 27.1. The number of fused-ring (bicyclic) bond motifs is 2. The third kappa shape index (κ3) is 5.20. The molecule has 3 aliphatic carbocycles. The molecule has 2 aliphatic heterocycles. The van der Waals surface area contributed by atoms with Crippen molar-refractivity contribution in [3.8, 4) is 0 Å². The highest BCUT2D eigenvalue weighted by molar-refractivity contribution is 5.80. The minimum Gasteiger partial charge on any atom is -0.341 e. The highest BCUT2D eigenvalue weighted by Crippen LogP contribution is 2.49. The summed E-state index contributed by atoms with van der Waals surface area (Å²) in [5.74, 6) is 2.25. The molecule has 2 saturated heterocycles. The molecule has 4 heterocycles. The van der Waals surface area contributed by atoms with E-state index in [0.29, 0.717) is 12.0 Å². The van der Waals surface area contributed by atoms with Gasteiger partial charge in [-0.2, -0.15) is 0 Å². The number of aromatic nitrogens is 4. The lowest BCUT2D eigenvalue weighted by Crippen LogP contribution is -2.43. The molecule has 0 aromatic carbocycles. The van der Waals surface area contributed by atoms with Gasteiger partial charge < -0.3 is 31.2 Å². The number of piperidine rings is 2. The summed E-state index contributed by atoms with van der Waals surface area (Å²) in [4.78, 5) is 45.4. The predicted octanol–water partition coefficient (Wildman–Crippen LogP) is 4.06. The molecular weight excluding hydrogens is 540 g/mol. The molecule has 4 atom stereocenters. The van der Waals surface area contributed by atoms with E-state index in [1.165, 1.54) is 22.3 Å². The molecule has 2 bridgehead atoms. The van der Waals surface area contributed by atoms with Crippen LogP contribution in [0.4, 0.5) is 0 Å². The summed E-state index contributed by atoms with van der Waals surface area (Å²) in [6.45, 7) is 0.835. The molecule has 2 aromatic rings. The Morgan fingerprint density at radius 1 is 0.767 bits per heavy atom. The van der Waals surface area contributed by atoms with Crippen LogP contribution in [-0.2, 0) is 9.59 Å². The van der Waals surface area contributed by atoms with E-state index in [0.717, 1.165) is 93.8 Å². The number of carbonyl (C=O) groups is 2. The van der Waals surface area contributed by atoms with Gasteiger partial charge in [0.1, 0.15) is 11.6 Å². The number of allylic oxidation sites excluding steroid dienone is 8. The molecule has 6 N–H and O–H groups in total. The number of carbonyl (C=O) groups excluding carboxylic acids is 2. The Labute approximate surface area is 252 Å². The Morgan fingerprint density at radius 2 is 1.37 bits per heavy atom. The third-order valence-corrected chi connectivity index (χ3v) is 10.2. The smallest absolute Gasteiger partial charge is 0.237 e. The number of nitrogens with two attached hydrogens (primary N) is 2. The Balaban J connectivity index is 1.03. The van der Waals surface area contributed by atoms with Crippen molar-refractivity contribution < 1.29 is 9.59 Å². The Hall–Kier alpha value is -3.76. The van der Waals surface area contributed by atoms with Crippen molar-refractivity contribution in [3.63, 3.8) is 0 Å². The highest BCUT2D eigenvalue weighted by atomic mass is 16.2. The second kappa shape index (κ2) is 11.7. The van der Waals surface area contributed by atoms with E-state index in [1.807, 2.05) is 22.2 Å². The van der Waals surface area contributed by atoms with Crippen LogP contribution in [0.5, 0.6) is 0 Å². The molecule has 10 heteroatoms. The summed E-state index contributed by atoms with van der Waals surface area (Å²) in [6, 6.07) is 0.309. The molecule has 0 radical (unpaired) electrons. The fourth-order valence-corrected chi connectivity index (χ4v) is 8.01. The fraction of sp³-hybridized carbons (Fsp3) is 0.515. The number of imidazole rings is 2. The van der Waals surface area contributed by atoms with Gasteiger partial charge in [0.15, 0.2) is 0 Å². The van der Waals surface area contributed by atoms with Crippen molar-refractivity contribution in [2.45, 2.75) is 82.3 Å². The van der Waals surface area contributed by atoms with Crippen molar-refractivity contribution in [1.29, 1.82) is 0 Å². The maximum atomic E-state index is 12.6. The number of nitrogens with one attached hydrogen (secondary N) is 2. The van der Waals surface area contributed by atoms with E-state index < -0.39 is 0 Å². The topological polar surface area (TPSA) is 150 Å². The van der Waals surface area contributed by atoms with Gasteiger partial charge in [-0.25, -0.2) is 9.97 Å². The number of H-pyrrole nitrogens is 2. The van der Waals surface area contributed by atoms with Gasteiger partial charge in [0.05, 0.1) is 49.0 Å². The van der Waals surface area contributed by atoms with E-state index in [2.05, 4.69) is 39.3 Å². The second-order valence-electron chi connectivity index (χ2n) is 12.6. The fourth-order valence-electron chi connectivity index (χ4n) is 8.01. The maximum Gasteiger partial charge on any atom is 0.237 e. The molecule has 3 fully saturated rings. The van der Waals surface area contributed by atoms with Crippen LogP contribution in [-0.4, -0.2) is 67.2 Å². The highest BCUT2D eigenvalue weighted by Gasteiger charge is 2.49. The molecule has 4 unspecified atom stereocenters. The monoisotopic (exact) mass is 582 g/mol. The van der Waals surface area contributed by atoms with Crippen LogP contribution in [0, 0.1) is 5.92 Å². The number of hydrogen-bond acceptors (Lipinski definition) is 6. The first kappa shape index (κ1) is 28.0. The average Bonchev–Trinajstić information content (AvgIpc) is 3.89. The van der Waals surface area contributed by atoms with Crippen LogP contribution in [0.3, 0.4) is 0 Å². The summed E-state index contributed by atoms with van der Waals surface area (Å²) in [7, 11) is 0. The first-order chi connectivity index (χ1) is 21.0. The van der Waals surface area contributed by atoms with Crippen LogP contribution < -0.4 is 11.5 Å². The predicted molar refractivity (Wildman–Crippen MR) is 165 cm³/mol. The van der Waals surface area contributed by atoms with E-state index in [9.17, 15) is 9.59 Å². The van der Waals surface area contributed by atoms with E-state index in [-0.39, 0.29) is 37.0 Å². The second-order valence-corrected chi connectivity index (χ2v) is 12.6. The lowest BCUT2D eigenvalue weighted by Gasteiger charge is -2.34. The average molecular weight is 583 g/mol. The van der Waals surface area contributed by atoms with Crippen molar-refractivity contribution in [3.05, 3.63) is 70.9 Å². The maximum absolute atomic E-state index is 12.6. The zero-order valence-corrected chi connectivity index (χ0v) is 24.7. The molecule has 226 valence electrons. The van der Waals surface area contributed by atoms with E-state index in [4.69, 9.17) is 16.5 Å². The quantitative estimate of drug-likeness (QED) is 0.387. The van der Waals surface area contributed by atoms with Gasteiger partial charge in [0, 0.05) is 12.6 Å². The zero-order valence-electron chi connectivity index (χ0n) is 24.7. The van der Waals surface area contributed by atoms with Crippen LogP contribution in [0.15, 0.2) is 47.8 Å². The summed E-state index contributed by atoms with van der Waals surface area (Å²) >= 11 is 0. The zero-order chi connectivity index (χ0) is 29.5. The van der Waals surface area contributed by atoms with Crippen LogP contribution in [0.1, 0.15) is 99.3 Å². The molecule has 2 aromatic heterocycles. The lowest BCUT2D eigenvalue weighted by molar-refractivity contribution is -0.134. The van der Waals surface area contributed by atoms with Crippen molar-refractivity contribution in [2.75, 3.05) is 19.6 Å². The Bertz CT molecular complexity index is 1530. The molecule has 0 spiro atoms. The van der Waals surface area contributed by atoms with Gasteiger partial charge in [0.2, 0.25) is 11.8 Å². The number of hydrogen-bond donors (Lipinski definition) is 4. The van der Waals surface area contributed by atoms with Crippen LogP contribution in [0.2, 0.25) is 0 Å². The van der Waals surface area contributed by atoms with E-state index >= 15 is 0 Å². The number of likely N-dealkylation sites (tertiary alicyclic amines) is 2. The molecular formula is C33H42N8O2. The lowest BCUT2D eigenvalue weighted by atomic mass is 9.86. The summed E-state index contributed by atoms with van der Waals surface area (Å²) in [6.07, 6.45) is 23.0. The minimum atomic E-state index is -0.0196. The van der Waals surface area contributed by atoms with Gasteiger partial charge >= 0.3 is 0 Å². The SMILES string of the molecule is NCC(=O)N1CCCCC1c1ncc(C2=CC=C(C3=CC=C(c4cnc(C5C6CCC(C6)N5C(=O)CN)[nH]4)CC3)CC2)[nH]1. The molecule has 7 rings (SSSR count). The summed E-state index contributed by atoms with van der Waals surface area (Å²) < 4.78 is 0. The summed E-state index contributed by atoms with van der Waals surface area (Å²) in [5, 5.41) is 0.